The number of Topliss-reactive ketones (excluding diaryl/α,β-unsaturated/α-hetero) is 1. The molecule has 0 amide bonds. The second kappa shape index (κ2) is 3.82. The van der Waals surface area contributed by atoms with Gasteiger partial charge in [0.05, 0.1) is 5.52 Å². The van der Waals surface area contributed by atoms with Gasteiger partial charge in [-0.3, -0.25) is 4.79 Å². The van der Waals surface area contributed by atoms with Crippen LogP contribution in [-0.4, -0.2) is 21.8 Å². The number of para-hydroxylation sites is 1. The average Bonchev–Trinajstić information content (AvgIpc) is 2.29. The lowest BCUT2D eigenvalue weighted by atomic mass is 10.2. The molecule has 0 bridgehead atoms. The Hall–Kier alpha value is -2.32. The molecule has 2 aromatic rings. The van der Waals surface area contributed by atoms with E-state index in [1.54, 1.807) is 12.1 Å². The Morgan fingerprint density at radius 2 is 2.07 bits per heavy atom. The molecule has 15 heavy (non-hydrogen) atoms. The molecule has 1 aromatic carbocycles. The van der Waals surface area contributed by atoms with E-state index in [1.807, 2.05) is 24.3 Å². The van der Waals surface area contributed by atoms with Gasteiger partial charge in [-0.1, -0.05) is 24.3 Å². The van der Waals surface area contributed by atoms with Crippen LogP contribution in [-0.2, 0) is 0 Å². The lowest BCUT2D eigenvalue weighted by Gasteiger charge is -1.97. The fraction of sp³-hybridized carbons (Fsp3) is 0. The van der Waals surface area contributed by atoms with Gasteiger partial charge >= 0.3 is 6.21 Å². The summed E-state index contributed by atoms with van der Waals surface area (Å²) in [5.41, 5.74) is 9.25. The molecule has 1 aromatic heterocycles. The standard InChI is InChI=1S/C11H7N3O/c12-13-7-11(15)10-6-5-8-3-1-2-4-9(8)14-10/h1-7H. The smallest absolute Gasteiger partial charge is 0.329 e. The molecule has 0 N–H and O–H groups in total. The minimum absolute atomic E-state index is 0.270. The van der Waals surface area contributed by atoms with Crippen LogP contribution in [0.1, 0.15) is 10.5 Å². The molecule has 72 valence electrons. The first kappa shape index (κ1) is 9.24. The second-order valence-electron chi connectivity index (χ2n) is 3.00. The molecule has 0 aliphatic heterocycles. The minimum atomic E-state index is -0.414. The maximum absolute atomic E-state index is 11.3. The van der Waals surface area contributed by atoms with Crippen LogP contribution < -0.4 is 0 Å². The van der Waals surface area contributed by atoms with Crippen molar-refractivity contribution < 1.29 is 9.58 Å². The molecule has 0 fully saturated rings. The monoisotopic (exact) mass is 197 g/mol. The molecule has 0 aliphatic rings. The normalized spacial score (nSPS) is 9.60. The molecular formula is C11H7N3O. The summed E-state index contributed by atoms with van der Waals surface area (Å²) >= 11 is 0. The van der Waals surface area contributed by atoms with Crippen LogP contribution in [0.4, 0.5) is 0 Å². The Morgan fingerprint density at radius 3 is 2.87 bits per heavy atom. The highest BCUT2D eigenvalue weighted by molar-refractivity contribution is 6.32. The highest BCUT2D eigenvalue weighted by Crippen LogP contribution is 2.11. The summed E-state index contributed by atoms with van der Waals surface area (Å²) in [4.78, 5) is 18.1. The number of aromatic nitrogens is 1. The Balaban J connectivity index is 2.56. The summed E-state index contributed by atoms with van der Waals surface area (Å²) in [6.07, 6.45) is 0.830. The van der Waals surface area contributed by atoms with E-state index in [-0.39, 0.29) is 5.69 Å². The van der Waals surface area contributed by atoms with Crippen molar-refractivity contribution in [2.45, 2.75) is 0 Å². The summed E-state index contributed by atoms with van der Waals surface area (Å²) in [7, 11) is 0. The number of fused-ring (bicyclic) bond motifs is 1. The fourth-order valence-electron chi connectivity index (χ4n) is 1.32. The molecular weight excluding hydrogens is 190 g/mol. The predicted molar refractivity (Wildman–Crippen MR) is 55.8 cm³/mol. The first-order chi connectivity index (χ1) is 7.31. The van der Waals surface area contributed by atoms with Gasteiger partial charge in [0.15, 0.2) is 0 Å². The van der Waals surface area contributed by atoms with E-state index in [0.29, 0.717) is 0 Å². The van der Waals surface area contributed by atoms with E-state index >= 15 is 0 Å². The zero-order chi connectivity index (χ0) is 10.7. The van der Waals surface area contributed by atoms with E-state index in [4.69, 9.17) is 5.53 Å². The number of hydrogen-bond acceptors (Lipinski definition) is 2. The van der Waals surface area contributed by atoms with Crippen LogP contribution in [0.5, 0.6) is 0 Å². The van der Waals surface area contributed by atoms with Gasteiger partial charge in [0.2, 0.25) is 0 Å². The number of carbonyl (C=O) groups is 1. The van der Waals surface area contributed by atoms with Crippen molar-refractivity contribution in [3.8, 4) is 0 Å². The lowest BCUT2D eigenvalue weighted by Crippen LogP contribution is -2.03. The number of nitrogens with zero attached hydrogens (tertiary/aromatic N) is 3. The largest absolute Gasteiger partial charge is 0.361 e. The Labute approximate surface area is 85.8 Å². The summed E-state index contributed by atoms with van der Waals surface area (Å²) < 4.78 is 0. The Morgan fingerprint density at radius 1 is 1.27 bits per heavy atom. The van der Waals surface area contributed by atoms with Crippen molar-refractivity contribution in [2.75, 3.05) is 0 Å². The number of hydrogen-bond donors (Lipinski definition) is 0. The van der Waals surface area contributed by atoms with Crippen LogP contribution in [0.3, 0.4) is 0 Å². The van der Waals surface area contributed by atoms with E-state index in [0.717, 1.165) is 17.1 Å². The van der Waals surface area contributed by atoms with Crippen molar-refractivity contribution >= 4 is 22.9 Å². The average molecular weight is 197 g/mol. The fourth-order valence-corrected chi connectivity index (χ4v) is 1.32. The van der Waals surface area contributed by atoms with Gasteiger partial charge in [0, 0.05) is 5.39 Å². The summed E-state index contributed by atoms with van der Waals surface area (Å²) in [6, 6.07) is 10.9. The third-order valence-corrected chi connectivity index (χ3v) is 2.03. The van der Waals surface area contributed by atoms with E-state index in [2.05, 4.69) is 9.77 Å². The van der Waals surface area contributed by atoms with Gasteiger partial charge in [0.1, 0.15) is 5.69 Å². The molecule has 0 atom stereocenters. The molecule has 2 rings (SSSR count). The van der Waals surface area contributed by atoms with Crippen LogP contribution in [0.15, 0.2) is 36.4 Å². The maximum atomic E-state index is 11.3. The first-order valence-corrected chi connectivity index (χ1v) is 4.39. The third kappa shape index (κ3) is 1.80. The Kier molecular flexibility index (Phi) is 2.35. The number of ketones is 1. The molecule has 0 saturated carbocycles. The number of benzene rings is 1. The van der Waals surface area contributed by atoms with Gasteiger partial charge in [0.25, 0.3) is 5.78 Å². The highest BCUT2D eigenvalue weighted by Gasteiger charge is 2.08. The van der Waals surface area contributed by atoms with E-state index in [1.165, 1.54) is 0 Å². The molecule has 0 unspecified atom stereocenters. The third-order valence-electron chi connectivity index (χ3n) is 2.03. The molecule has 0 radical (unpaired) electrons. The van der Waals surface area contributed by atoms with Crippen LogP contribution in [0.2, 0.25) is 0 Å². The van der Waals surface area contributed by atoms with Gasteiger partial charge in [-0.25, -0.2) is 4.98 Å². The maximum Gasteiger partial charge on any atom is 0.329 e. The number of rotatable bonds is 2. The quantitative estimate of drug-likeness (QED) is 0.318. The molecule has 1 heterocycles. The minimum Gasteiger partial charge on any atom is -0.361 e. The van der Waals surface area contributed by atoms with Crippen molar-refractivity contribution in [1.82, 2.24) is 4.98 Å². The second-order valence-corrected chi connectivity index (χ2v) is 3.00. The van der Waals surface area contributed by atoms with Gasteiger partial charge in [-0.15, -0.1) is 0 Å². The predicted octanol–water partition coefficient (Wildman–Crippen LogP) is 1.72. The summed E-state index contributed by atoms with van der Waals surface area (Å²) in [5.74, 6) is -0.414. The zero-order valence-electron chi connectivity index (χ0n) is 7.79. The van der Waals surface area contributed by atoms with Crippen LogP contribution in [0.25, 0.3) is 16.4 Å². The Bertz CT molecular complexity index is 571. The highest BCUT2D eigenvalue weighted by atomic mass is 16.1. The zero-order valence-corrected chi connectivity index (χ0v) is 7.79. The van der Waals surface area contributed by atoms with Gasteiger partial charge in [-0.05, 0) is 12.1 Å². The lowest BCUT2D eigenvalue weighted by molar-refractivity contribution is 0.00230. The molecule has 0 spiro atoms. The van der Waals surface area contributed by atoms with Crippen LogP contribution >= 0.6 is 0 Å². The molecule has 0 saturated heterocycles. The first-order valence-electron chi connectivity index (χ1n) is 4.39. The van der Waals surface area contributed by atoms with Crippen LogP contribution in [0, 0.1) is 0 Å². The molecule has 4 heteroatoms. The van der Waals surface area contributed by atoms with E-state index < -0.39 is 5.78 Å². The van der Waals surface area contributed by atoms with Crippen molar-refractivity contribution in [3.05, 3.63) is 47.6 Å². The summed E-state index contributed by atoms with van der Waals surface area (Å²) in [5, 5.41) is 0.968. The van der Waals surface area contributed by atoms with Crippen molar-refractivity contribution in [1.29, 1.82) is 0 Å². The number of carbonyl (C=O) groups excluding carboxylic acids is 1. The van der Waals surface area contributed by atoms with Gasteiger partial charge < -0.3 is 5.53 Å². The summed E-state index contributed by atoms with van der Waals surface area (Å²) in [6.45, 7) is 0. The SMILES string of the molecule is [N-]=[N+]=CC(=O)c1ccc2ccccc2n1. The molecule has 0 aliphatic carbocycles. The van der Waals surface area contributed by atoms with Gasteiger partial charge in [-0.2, -0.15) is 4.79 Å². The van der Waals surface area contributed by atoms with E-state index in [9.17, 15) is 4.79 Å². The molecule has 4 nitrogen and oxygen atoms in total. The topological polar surface area (TPSA) is 66.4 Å². The number of pyridine rings is 1. The van der Waals surface area contributed by atoms with Crippen molar-refractivity contribution in [3.63, 3.8) is 0 Å². The van der Waals surface area contributed by atoms with Crippen molar-refractivity contribution in [2.24, 2.45) is 0 Å².